The number of halogens is 1. The third-order valence-corrected chi connectivity index (χ3v) is 5.69. The highest BCUT2D eigenvalue weighted by Gasteiger charge is 2.16. The van der Waals surface area contributed by atoms with Crippen LogP contribution in [-0.2, 0) is 11.3 Å². The molecule has 180 valence electrons. The normalized spacial score (nSPS) is 16.6. The standard InChI is InChI=1S/C26H36N4O2.HI/c1-4-27-26(29-16-20(3)22-12-10-19(2)11-13-22)30-17-21-7-5-8-23(15-21)25(31)28-18-24-9-6-14-32-24;/h5,7-8,10-13,15,20,24H,4,6,9,14,16-18H2,1-3H3,(H,28,31)(H2,27,29,30);1H. The molecule has 0 spiro atoms. The number of hydrogen-bond acceptors (Lipinski definition) is 3. The number of guanidine groups is 1. The van der Waals surface area contributed by atoms with Crippen molar-refractivity contribution in [2.24, 2.45) is 4.99 Å². The van der Waals surface area contributed by atoms with Gasteiger partial charge in [0.05, 0.1) is 12.6 Å². The topological polar surface area (TPSA) is 74.8 Å². The highest BCUT2D eigenvalue weighted by Crippen LogP contribution is 2.15. The summed E-state index contributed by atoms with van der Waals surface area (Å²) in [6, 6.07) is 16.3. The lowest BCUT2D eigenvalue weighted by Crippen LogP contribution is -2.39. The predicted octanol–water partition coefficient (Wildman–Crippen LogP) is 4.38. The van der Waals surface area contributed by atoms with Gasteiger partial charge in [-0.25, -0.2) is 4.99 Å². The molecule has 6 nitrogen and oxygen atoms in total. The Morgan fingerprint density at radius 1 is 1.15 bits per heavy atom. The number of carbonyl (C=O) groups excluding carboxylic acids is 1. The number of aliphatic imine (C=N–C) groups is 1. The largest absolute Gasteiger partial charge is 0.376 e. The van der Waals surface area contributed by atoms with Crippen molar-refractivity contribution in [1.82, 2.24) is 16.0 Å². The lowest BCUT2D eigenvalue weighted by molar-refractivity contribution is 0.0857. The Morgan fingerprint density at radius 2 is 1.94 bits per heavy atom. The van der Waals surface area contributed by atoms with Crippen LogP contribution in [0.1, 0.15) is 59.7 Å². The van der Waals surface area contributed by atoms with E-state index in [1.54, 1.807) is 0 Å². The molecule has 1 aliphatic heterocycles. The summed E-state index contributed by atoms with van der Waals surface area (Å²) in [5, 5.41) is 9.72. The van der Waals surface area contributed by atoms with Gasteiger partial charge in [-0.2, -0.15) is 0 Å². The van der Waals surface area contributed by atoms with E-state index in [9.17, 15) is 4.79 Å². The van der Waals surface area contributed by atoms with Crippen LogP contribution in [-0.4, -0.2) is 44.2 Å². The number of hydrogen-bond donors (Lipinski definition) is 3. The molecule has 2 unspecified atom stereocenters. The zero-order chi connectivity index (χ0) is 22.8. The van der Waals surface area contributed by atoms with E-state index in [1.807, 2.05) is 24.3 Å². The number of nitrogens with zero attached hydrogens (tertiary/aromatic N) is 1. The Labute approximate surface area is 215 Å². The fraction of sp³-hybridized carbons (Fsp3) is 0.462. The van der Waals surface area contributed by atoms with Crippen molar-refractivity contribution in [2.45, 2.75) is 52.2 Å². The molecule has 1 amide bonds. The monoisotopic (exact) mass is 564 g/mol. The molecule has 33 heavy (non-hydrogen) atoms. The molecule has 2 atom stereocenters. The van der Waals surface area contributed by atoms with Crippen molar-refractivity contribution in [3.8, 4) is 0 Å². The molecule has 3 N–H and O–H groups in total. The van der Waals surface area contributed by atoms with E-state index < -0.39 is 0 Å². The molecular weight excluding hydrogens is 527 g/mol. The Morgan fingerprint density at radius 3 is 2.64 bits per heavy atom. The summed E-state index contributed by atoms with van der Waals surface area (Å²) >= 11 is 0. The van der Waals surface area contributed by atoms with Crippen LogP contribution in [0.3, 0.4) is 0 Å². The molecule has 0 aliphatic carbocycles. The minimum Gasteiger partial charge on any atom is -0.376 e. The highest BCUT2D eigenvalue weighted by atomic mass is 127. The van der Waals surface area contributed by atoms with Crippen LogP contribution < -0.4 is 16.0 Å². The van der Waals surface area contributed by atoms with Gasteiger partial charge in [0.25, 0.3) is 5.91 Å². The molecule has 1 fully saturated rings. The lowest BCUT2D eigenvalue weighted by Gasteiger charge is -2.16. The number of carbonyl (C=O) groups is 1. The van der Waals surface area contributed by atoms with Gasteiger partial charge >= 0.3 is 0 Å². The Kier molecular flexibility index (Phi) is 11.7. The molecule has 1 saturated heterocycles. The van der Waals surface area contributed by atoms with Crippen molar-refractivity contribution in [3.63, 3.8) is 0 Å². The van der Waals surface area contributed by atoms with Crippen molar-refractivity contribution < 1.29 is 9.53 Å². The van der Waals surface area contributed by atoms with Crippen LogP contribution in [0.4, 0.5) is 0 Å². The molecule has 0 aromatic heterocycles. The SMILES string of the molecule is CCNC(=NCc1cccc(C(=O)NCC2CCCO2)c1)NCC(C)c1ccc(C)cc1.I. The van der Waals surface area contributed by atoms with E-state index in [0.29, 0.717) is 24.6 Å². The molecule has 0 bridgehead atoms. The van der Waals surface area contributed by atoms with Crippen molar-refractivity contribution in [1.29, 1.82) is 0 Å². The van der Waals surface area contributed by atoms with Crippen molar-refractivity contribution in [2.75, 3.05) is 26.2 Å². The highest BCUT2D eigenvalue weighted by molar-refractivity contribution is 14.0. The zero-order valence-electron chi connectivity index (χ0n) is 19.9. The summed E-state index contributed by atoms with van der Waals surface area (Å²) in [6.07, 6.45) is 2.22. The van der Waals surface area contributed by atoms with Crippen LogP contribution in [0.15, 0.2) is 53.5 Å². The van der Waals surface area contributed by atoms with E-state index >= 15 is 0 Å². The smallest absolute Gasteiger partial charge is 0.251 e. The number of benzene rings is 2. The van der Waals surface area contributed by atoms with Gasteiger partial charge in [-0.15, -0.1) is 24.0 Å². The van der Waals surface area contributed by atoms with Gasteiger partial charge in [0.15, 0.2) is 5.96 Å². The molecular formula is C26H37IN4O2. The summed E-state index contributed by atoms with van der Waals surface area (Å²) < 4.78 is 5.58. The maximum Gasteiger partial charge on any atom is 0.251 e. The van der Waals surface area contributed by atoms with Gasteiger partial charge in [-0.05, 0) is 55.9 Å². The van der Waals surface area contributed by atoms with E-state index in [4.69, 9.17) is 9.73 Å². The second-order valence-electron chi connectivity index (χ2n) is 8.43. The number of aryl methyl sites for hydroxylation is 1. The van der Waals surface area contributed by atoms with Crippen LogP contribution in [0.5, 0.6) is 0 Å². The van der Waals surface area contributed by atoms with Crippen LogP contribution in [0, 0.1) is 6.92 Å². The van der Waals surface area contributed by atoms with E-state index in [-0.39, 0.29) is 36.0 Å². The first kappa shape index (κ1) is 27.1. The van der Waals surface area contributed by atoms with Gasteiger partial charge < -0.3 is 20.7 Å². The second kappa shape index (κ2) is 14.2. The van der Waals surface area contributed by atoms with E-state index in [0.717, 1.165) is 44.1 Å². The quantitative estimate of drug-likeness (QED) is 0.240. The first-order valence-corrected chi connectivity index (χ1v) is 11.6. The van der Waals surface area contributed by atoms with Crippen LogP contribution >= 0.6 is 24.0 Å². The zero-order valence-corrected chi connectivity index (χ0v) is 22.2. The summed E-state index contributed by atoms with van der Waals surface area (Å²) in [5.74, 6) is 1.08. The molecule has 0 saturated carbocycles. The van der Waals surface area contributed by atoms with Gasteiger partial charge in [0, 0.05) is 31.8 Å². The molecule has 3 rings (SSSR count). The minimum absolute atomic E-state index is 0. The summed E-state index contributed by atoms with van der Waals surface area (Å²) in [7, 11) is 0. The van der Waals surface area contributed by atoms with Gasteiger partial charge in [-0.1, -0.05) is 48.9 Å². The molecule has 1 heterocycles. The van der Waals surface area contributed by atoms with Crippen LogP contribution in [0.25, 0.3) is 0 Å². The first-order chi connectivity index (χ1) is 15.5. The summed E-state index contributed by atoms with van der Waals surface area (Å²) in [6.45, 7) is 9.80. The van der Waals surface area contributed by atoms with Gasteiger partial charge in [0.1, 0.15) is 0 Å². The molecule has 7 heteroatoms. The maximum absolute atomic E-state index is 12.5. The number of ether oxygens (including phenoxy) is 1. The number of nitrogens with one attached hydrogen (secondary N) is 3. The molecule has 2 aromatic carbocycles. The lowest BCUT2D eigenvalue weighted by atomic mass is 10.0. The third-order valence-electron chi connectivity index (χ3n) is 5.69. The van der Waals surface area contributed by atoms with Crippen molar-refractivity contribution in [3.05, 3.63) is 70.8 Å². The van der Waals surface area contributed by atoms with E-state index in [1.165, 1.54) is 11.1 Å². The molecule has 0 radical (unpaired) electrons. The number of rotatable bonds is 9. The summed E-state index contributed by atoms with van der Waals surface area (Å²) in [5.41, 5.74) is 4.23. The maximum atomic E-state index is 12.5. The Hall–Kier alpha value is -2.13. The molecule has 2 aromatic rings. The fourth-order valence-corrected chi connectivity index (χ4v) is 3.70. The third kappa shape index (κ3) is 8.97. The van der Waals surface area contributed by atoms with Crippen LogP contribution in [0.2, 0.25) is 0 Å². The van der Waals surface area contributed by atoms with E-state index in [2.05, 4.69) is 61.0 Å². The Balaban J connectivity index is 0.00000385. The fourth-order valence-electron chi connectivity index (χ4n) is 3.70. The number of amides is 1. The second-order valence-corrected chi connectivity index (χ2v) is 8.43. The van der Waals surface area contributed by atoms with Gasteiger partial charge in [-0.3, -0.25) is 4.79 Å². The first-order valence-electron chi connectivity index (χ1n) is 11.6. The Bertz CT molecular complexity index is 895. The molecule has 1 aliphatic rings. The average molecular weight is 565 g/mol. The summed E-state index contributed by atoms with van der Waals surface area (Å²) in [4.78, 5) is 17.2. The predicted molar refractivity (Wildman–Crippen MR) is 146 cm³/mol. The average Bonchev–Trinajstić information content (AvgIpc) is 3.33. The van der Waals surface area contributed by atoms with Gasteiger partial charge in [0.2, 0.25) is 0 Å². The van der Waals surface area contributed by atoms with Crippen molar-refractivity contribution >= 4 is 35.8 Å². The minimum atomic E-state index is -0.0664.